The Hall–Kier alpha value is -2.22. The molecule has 1 N–H and O–H groups in total. The highest BCUT2D eigenvalue weighted by atomic mass is 16.5. The van der Waals surface area contributed by atoms with Crippen molar-refractivity contribution in [2.45, 2.75) is 38.6 Å². The van der Waals surface area contributed by atoms with Crippen molar-refractivity contribution >= 4 is 5.91 Å². The Morgan fingerprint density at radius 3 is 2.96 bits per heavy atom. The van der Waals surface area contributed by atoms with E-state index in [0.29, 0.717) is 23.8 Å². The van der Waals surface area contributed by atoms with E-state index in [1.165, 1.54) is 0 Å². The summed E-state index contributed by atoms with van der Waals surface area (Å²) in [5, 5.41) is 11.2. The maximum absolute atomic E-state index is 12.4. The van der Waals surface area contributed by atoms with Crippen molar-refractivity contribution in [3.05, 3.63) is 29.2 Å². The molecule has 8 nitrogen and oxygen atoms in total. The van der Waals surface area contributed by atoms with Gasteiger partial charge in [-0.15, -0.1) is 0 Å². The predicted molar refractivity (Wildman–Crippen MR) is 87.5 cm³/mol. The summed E-state index contributed by atoms with van der Waals surface area (Å²) in [6.07, 6.45) is 3.68. The highest BCUT2D eigenvalue weighted by Gasteiger charge is 2.37. The molecule has 24 heavy (non-hydrogen) atoms. The molecule has 0 aromatic carbocycles. The molecular weight excluding hydrogens is 308 g/mol. The number of nitrogens with one attached hydrogen (secondary N) is 1. The summed E-state index contributed by atoms with van der Waals surface area (Å²) < 4.78 is 5.05. The van der Waals surface area contributed by atoms with Crippen LogP contribution in [-0.2, 0) is 12.0 Å². The molecule has 0 saturated carbocycles. The monoisotopic (exact) mass is 332 g/mol. The number of piperidine rings is 1. The van der Waals surface area contributed by atoms with Gasteiger partial charge in [0.2, 0.25) is 5.89 Å². The number of H-pyrrole nitrogens is 1. The van der Waals surface area contributed by atoms with Crippen molar-refractivity contribution in [3.8, 4) is 0 Å². The molecule has 0 radical (unpaired) electrons. The van der Waals surface area contributed by atoms with Gasteiger partial charge < -0.3 is 9.42 Å². The highest BCUT2D eigenvalue weighted by Crippen LogP contribution is 2.35. The van der Waals surface area contributed by atoms with Gasteiger partial charge in [-0.05, 0) is 19.4 Å². The third-order valence-electron chi connectivity index (χ3n) is 4.59. The third-order valence-corrected chi connectivity index (χ3v) is 4.59. The molecule has 1 atom stereocenters. The predicted octanol–water partition coefficient (Wildman–Crippen LogP) is 1.36. The van der Waals surface area contributed by atoms with Crippen molar-refractivity contribution in [3.63, 3.8) is 0 Å². The number of hydrogen-bond donors (Lipinski definition) is 1. The molecule has 0 unspecified atom stereocenters. The van der Waals surface area contributed by atoms with Gasteiger partial charge in [-0.2, -0.15) is 10.1 Å². The molecule has 0 bridgehead atoms. The minimum Gasteiger partial charge on any atom is -0.345 e. The lowest BCUT2D eigenvalue weighted by Crippen LogP contribution is -2.45. The Morgan fingerprint density at radius 1 is 1.50 bits per heavy atom. The third kappa shape index (κ3) is 3.19. The smallest absolute Gasteiger partial charge is 0.256 e. The maximum atomic E-state index is 12.4. The average molecular weight is 332 g/mol. The molecule has 1 saturated heterocycles. The summed E-state index contributed by atoms with van der Waals surface area (Å²) >= 11 is 0. The van der Waals surface area contributed by atoms with Gasteiger partial charge in [0.05, 0.1) is 24.0 Å². The summed E-state index contributed by atoms with van der Waals surface area (Å²) in [6, 6.07) is 0. The van der Waals surface area contributed by atoms with Crippen LogP contribution in [0.1, 0.15) is 47.5 Å². The van der Waals surface area contributed by atoms with E-state index < -0.39 is 0 Å². The van der Waals surface area contributed by atoms with Gasteiger partial charge in [-0.1, -0.05) is 12.1 Å². The van der Waals surface area contributed by atoms with Crippen LogP contribution in [0.2, 0.25) is 0 Å². The molecule has 1 amide bonds. The number of carbonyl (C=O) groups is 1. The van der Waals surface area contributed by atoms with E-state index in [4.69, 9.17) is 4.52 Å². The first-order valence-corrected chi connectivity index (χ1v) is 8.16. The lowest BCUT2D eigenvalue weighted by Gasteiger charge is -2.40. The molecule has 1 fully saturated rings. The van der Waals surface area contributed by atoms with Gasteiger partial charge in [-0.25, -0.2) is 0 Å². The molecule has 2 aromatic rings. The van der Waals surface area contributed by atoms with Crippen LogP contribution < -0.4 is 0 Å². The van der Waals surface area contributed by atoms with E-state index in [1.54, 1.807) is 32.1 Å². The Bertz CT molecular complexity index is 722. The van der Waals surface area contributed by atoms with Gasteiger partial charge in [0.15, 0.2) is 5.82 Å². The van der Waals surface area contributed by atoms with E-state index in [2.05, 4.69) is 32.2 Å². The Balaban J connectivity index is 1.80. The van der Waals surface area contributed by atoms with Crippen molar-refractivity contribution in [1.29, 1.82) is 0 Å². The van der Waals surface area contributed by atoms with Crippen LogP contribution in [0.15, 0.2) is 10.7 Å². The zero-order chi connectivity index (χ0) is 17.3. The first kappa shape index (κ1) is 16.6. The normalized spacial score (nSPS) is 21.8. The molecule has 3 rings (SSSR count). The SMILES string of the molecule is Cc1nc(CN2CCC[C@](C)(c3[nH]ncc3C(=O)N(C)C)C2)no1. The van der Waals surface area contributed by atoms with Crippen molar-refractivity contribution < 1.29 is 9.32 Å². The first-order chi connectivity index (χ1) is 11.4. The maximum Gasteiger partial charge on any atom is 0.256 e. The van der Waals surface area contributed by atoms with Gasteiger partial charge in [-0.3, -0.25) is 14.8 Å². The Kier molecular flexibility index (Phi) is 4.40. The summed E-state index contributed by atoms with van der Waals surface area (Å²) in [6.45, 7) is 6.42. The Morgan fingerprint density at radius 2 is 2.29 bits per heavy atom. The summed E-state index contributed by atoms with van der Waals surface area (Å²) in [7, 11) is 3.51. The number of likely N-dealkylation sites (tertiary alicyclic amines) is 1. The van der Waals surface area contributed by atoms with E-state index >= 15 is 0 Å². The summed E-state index contributed by atoms with van der Waals surface area (Å²) in [5.41, 5.74) is 1.41. The van der Waals surface area contributed by atoms with Crippen LogP contribution in [0.25, 0.3) is 0 Å². The van der Waals surface area contributed by atoms with Crippen molar-refractivity contribution in [1.82, 2.24) is 30.1 Å². The minimum absolute atomic E-state index is 0.0223. The number of hydrogen-bond acceptors (Lipinski definition) is 6. The van der Waals surface area contributed by atoms with Crippen molar-refractivity contribution in [2.75, 3.05) is 27.2 Å². The molecule has 2 aromatic heterocycles. The van der Waals surface area contributed by atoms with Gasteiger partial charge in [0, 0.05) is 33.0 Å². The number of aryl methyl sites for hydroxylation is 1. The van der Waals surface area contributed by atoms with E-state index in [9.17, 15) is 4.79 Å². The van der Waals surface area contributed by atoms with Gasteiger partial charge in [0.1, 0.15) is 0 Å². The molecule has 1 aliphatic heterocycles. The fourth-order valence-electron chi connectivity index (χ4n) is 3.44. The zero-order valence-electron chi connectivity index (χ0n) is 14.7. The largest absolute Gasteiger partial charge is 0.345 e. The summed E-state index contributed by atoms with van der Waals surface area (Å²) in [5.74, 6) is 1.26. The highest BCUT2D eigenvalue weighted by molar-refractivity contribution is 5.95. The quantitative estimate of drug-likeness (QED) is 0.909. The number of carbonyl (C=O) groups excluding carboxylic acids is 1. The van der Waals surface area contributed by atoms with Gasteiger partial charge in [0.25, 0.3) is 5.91 Å². The number of aromatic amines is 1. The van der Waals surface area contributed by atoms with Crippen LogP contribution in [0.4, 0.5) is 0 Å². The van der Waals surface area contributed by atoms with Crippen LogP contribution in [0.3, 0.4) is 0 Å². The van der Waals surface area contributed by atoms with Crippen molar-refractivity contribution in [2.24, 2.45) is 0 Å². The second-order valence-corrected chi connectivity index (χ2v) is 6.96. The second kappa shape index (κ2) is 6.35. The standard InChI is InChI=1S/C16H24N6O2/c1-11-18-13(20-24-11)9-22-7-5-6-16(2,10-22)14-12(8-17-19-14)15(23)21(3)4/h8H,5-7,9-10H2,1-4H3,(H,17,19)/t16-/m0/s1. The fourth-order valence-corrected chi connectivity index (χ4v) is 3.44. The molecule has 0 aliphatic carbocycles. The fraction of sp³-hybridized carbons (Fsp3) is 0.625. The number of rotatable bonds is 4. The minimum atomic E-state index is -0.158. The first-order valence-electron chi connectivity index (χ1n) is 8.16. The van der Waals surface area contributed by atoms with E-state index in [-0.39, 0.29) is 11.3 Å². The number of aromatic nitrogens is 4. The molecule has 0 spiro atoms. The lowest BCUT2D eigenvalue weighted by molar-refractivity contribution is 0.0820. The van der Waals surface area contributed by atoms with Crippen LogP contribution in [-0.4, -0.2) is 63.2 Å². The average Bonchev–Trinajstić information content (AvgIpc) is 3.16. The lowest BCUT2D eigenvalue weighted by atomic mass is 9.77. The summed E-state index contributed by atoms with van der Waals surface area (Å²) in [4.78, 5) is 20.6. The van der Waals surface area contributed by atoms with Gasteiger partial charge >= 0.3 is 0 Å². The zero-order valence-corrected chi connectivity index (χ0v) is 14.7. The molecule has 8 heteroatoms. The second-order valence-electron chi connectivity index (χ2n) is 6.96. The van der Waals surface area contributed by atoms with Crippen LogP contribution in [0, 0.1) is 6.92 Å². The Labute approximate surface area is 141 Å². The number of amides is 1. The van der Waals surface area contributed by atoms with E-state index in [1.807, 2.05) is 0 Å². The molecule has 3 heterocycles. The number of nitrogens with zero attached hydrogens (tertiary/aromatic N) is 5. The molecular formula is C16H24N6O2. The van der Waals surface area contributed by atoms with Crippen LogP contribution >= 0.6 is 0 Å². The molecule has 1 aliphatic rings. The van der Waals surface area contributed by atoms with E-state index in [0.717, 1.165) is 31.6 Å². The van der Waals surface area contributed by atoms with Crippen LogP contribution in [0.5, 0.6) is 0 Å². The topological polar surface area (TPSA) is 91.2 Å². The molecule has 130 valence electrons.